The van der Waals surface area contributed by atoms with Crippen molar-refractivity contribution >= 4 is 0 Å². The molecule has 2 rings (SSSR count). The summed E-state index contributed by atoms with van der Waals surface area (Å²) in [5, 5.41) is 3.95. The van der Waals surface area contributed by atoms with Gasteiger partial charge in [0.2, 0.25) is 5.89 Å². The molecule has 4 nitrogen and oxygen atoms in total. The van der Waals surface area contributed by atoms with Crippen molar-refractivity contribution in [3.05, 3.63) is 11.7 Å². The first kappa shape index (κ1) is 12.6. The van der Waals surface area contributed by atoms with Crippen LogP contribution in [0.1, 0.15) is 51.7 Å². The molecule has 1 aromatic heterocycles. The van der Waals surface area contributed by atoms with Gasteiger partial charge in [-0.1, -0.05) is 25.9 Å². The Hall–Kier alpha value is -0.900. The first-order valence-electron chi connectivity index (χ1n) is 6.74. The third-order valence-corrected chi connectivity index (χ3v) is 3.22. The zero-order valence-corrected chi connectivity index (χ0v) is 11.1. The summed E-state index contributed by atoms with van der Waals surface area (Å²) in [5.41, 5.74) is 0. The SMILES string of the molecule is CCc1noc(CN(CCC(C)C)C2CC2)n1. The molecule has 1 heterocycles. The standard InChI is InChI=1S/C13H23N3O/c1-4-12-14-13(17-15-12)9-16(11-5-6-11)8-7-10(2)3/h10-11H,4-9H2,1-3H3. The molecule has 1 fully saturated rings. The van der Waals surface area contributed by atoms with Crippen LogP contribution in [-0.4, -0.2) is 27.6 Å². The molecular formula is C13H23N3O. The van der Waals surface area contributed by atoms with Crippen LogP contribution in [0.5, 0.6) is 0 Å². The summed E-state index contributed by atoms with van der Waals surface area (Å²) in [5.74, 6) is 2.35. The van der Waals surface area contributed by atoms with Crippen molar-refractivity contribution in [3.8, 4) is 0 Å². The van der Waals surface area contributed by atoms with E-state index in [4.69, 9.17) is 4.52 Å². The van der Waals surface area contributed by atoms with Crippen molar-refractivity contribution in [1.82, 2.24) is 15.0 Å². The lowest BCUT2D eigenvalue weighted by Gasteiger charge is -2.20. The topological polar surface area (TPSA) is 42.2 Å². The zero-order chi connectivity index (χ0) is 12.3. The van der Waals surface area contributed by atoms with E-state index in [0.29, 0.717) is 0 Å². The van der Waals surface area contributed by atoms with Gasteiger partial charge in [0.15, 0.2) is 5.82 Å². The molecule has 0 N–H and O–H groups in total. The number of nitrogens with zero attached hydrogens (tertiary/aromatic N) is 3. The fourth-order valence-corrected chi connectivity index (χ4v) is 1.93. The van der Waals surface area contributed by atoms with Gasteiger partial charge in [0.05, 0.1) is 6.54 Å². The smallest absolute Gasteiger partial charge is 0.240 e. The van der Waals surface area contributed by atoms with E-state index in [0.717, 1.165) is 43.2 Å². The largest absolute Gasteiger partial charge is 0.338 e. The molecule has 96 valence electrons. The second kappa shape index (κ2) is 5.63. The minimum Gasteiger partial charge on any atom is -0.338 e. The number of hydrogen-bond donors (Lipinski definition) is 0. The van der Waals surface area contributed by atoms with Gasteiger partial charge in [-0.3, -0.25) is 4.90 Å². The van der Waals surface area contributed by atoms with E-state index in [1.165, 1.54) is 19.3 Å². The second-order valence-electron chi connectivity index (χ2n) is 5.34. The van der Waals surface area contributed by atoms with E-state index in [9.17, 15) is 0 Å². The maximum atomic E-state index is 5.27. The van der Waals surface area contributed by atoms with E-state index >= 15 is 0 Å². The van der Waals surface area contributed by atoms with Crippen molar-refractivity contribution in [2.75, 3.05) is 6.54 Å². The highest BCUT2D eigenvalue weighted by atomic mass is 16.5. The molecule has 0 unspecified atom stereocenters. The Labute approximate surface area is 103 Å². The summed E-state index contributed by atoms with van der Waals surface area (Å²) in [4.78, 5) is 6.88. The molecule has 17 heavy (non-hydrogen) atoms. The summed E-state index contributed by atoms with van der Waals surface area (Å²) in [6, 6.07) is 0.755. The molecule has 0 bridgehead atoms. The summed E-state index contributed by atoms with van der Waals surface area (Å²) < 4.78 is 5.27. The number of aryl methyl sites for hydroxylation is 1. The van der Waals surface area contributed by atoms with Crippen LogP contribution >= 0.6 is 0 Å². The maximum Gasteiger partial charge on any atom is 0.240 e. The third-order valence-electron chi connectivity index (χ3n) is 3.22. The van der Waals surface area contributed by atoms with Crippen molar-refractivity contribution in [1.29, 1.82) is 0 Å². The van der Waals surface area contributed by atoms with Crippen molar-refractivity contribution in [3.63, 3.8) is 0 Å². The molecule has 1 aromatic rings. The molecule has 0 amide bonds. The molecule has 0 atom stereocenters. The van der Waals surface area contributed by atoms with E-state index in [2.05, 4.69) is 28.9 Å². The minimum absolute atomic E-state index is 0.755. The first-order valence-corrected chi connectivity index (χ1v) is 6.74. The zero-order valence-electron chi connectivity index (χ0n) is 11.1. The molecule has 0 spiro atoms. The lowest BCUT2D eigenvalue weighted by molar-refractivity contribution is 0.207. The van der Waals surface area contributed by atoms with Crippen LogP contribution in [-0.2, 0) is 13.0 Å². The van der Waals surface area contributed by atoms with Crippen LogP contribution in [0.3, 0.4) is 0 Å². The summed E-state index contributed by atoms with van der Waals surface area (Å²) in [6.45, 7) is 8.56. The second-order valence-corrected chi connectivity index (χ2v) is 5.34. The lowest BCUT2D eigenvalue weighted by Crippen LogP contribution is -2.27. The van der Waals surface area contributed by atoms with Crippen LogP contribution < -0.4 is 0 Å². The Balaban J connectivity index is 1.88. The van der Waals surface area contributed by atoms with Crippen LogP contribution in [0, 0.1) is 5.92 Å². The molecule has 0 aromatic carbocycles. The van der Waals surface area contributed by atoms with Crippen LogP contribution in [0.25, 0.3) is 0 Å². The Morgan fingerprint density at radius 1 is 1.41 bits per heavy atom. The summed E-state index contributed by atoms with van der Waals surface area (Å²) in [6.07, 6.45) is 4.74. The number of aromatic nitrogens is 2. The highest BCUT2D eigenvalue weighted by Gasteiger charge is 2.29. The average molecular weight is 237 g/mol. The average Bonchev–Trinajstić information content (AvgIpc) is 3.04. The predicted octanol–water partition coefficient (Wildman–Crippen LogP) is 2.64. The Bertz CT molecular complexity index is 344. The Kier molecular flexibility index (Phi) is 4.15. The number of rotatable bonds is 7. The van der Waals surface area contributed by atoms with Crippen molar-refractivity contribution in [2.45, 2.75) is 59.0 Å². The van der Waals surface area contributed by atoms with E-state index in [1.807, 2.05) is 6.92 Å². The highest BCUT2D eigenvalue weighted by Crippen LogP contribution is 2.28. The third kappa shape index (κ3) is 3.80. The summed E-state index contributed by atoms with van der Waals surface area (Å²) >= 11 is 0. The van der Waals surface area contributed by atoms with E-state index in [-0.39, 0.29) is 0 Å². The predicted molar refractivity (Wildman–Crippen MR) is 66.6 cm³/mol. The fraction of sp³-hybridized carbons (Fsp3) is 0.846. The van der Waals surface area contributed by atoms with Gasteiger partial charge in [0.25, 0.3) is 0 Å². The summed E-state index contributed by atoms with van der Waals surface area (Å²) in [7, 11) is 0. The number of hydrogen-bond acceptors (Lipinski definition) is 4. The highest BCUT2D eigenvalue weighted by molar-refractivity contribution is 4.90. The van der Waals surface area contributed by atoms with E-state index < -0.39 is 0 Å². The van der Waals surface area contributed by atoms with Gasteiger partial charge in [0.1, 0.15) is 0 Å². The van der Waals surface area contributed by atoms with Gasteiger partial charge in [-0.15, -0.1) is 0 Å². The Morgan fingerprint density at radius 2 is 2.18 bits per heavy atom. The molecule has 0 radical (unpaired) electrons. The van der Waals surface area contributed by atoms with Gasteiger partial charge < -0.3 is 4.52 Å². The molecule has 0 saturated heterocycles. The van der Waals surface area contributed by atoms with Crippen molar-refractivity contribution < 1.29 is 4.52 Å². The minimum atomic E-state index is 0.755. The van der Waals surface area contributed by atoms with Crippen LogP contribution in [0.2, 0.25) is 0 Å². The molecule has 0 aliphatic heterocycles. The first-order chi connectivity index (χ1) is 8.19. The lowest BCUT2D eigenvalue weighted by atomic mass is 10.1. The fourth-order valence-electron chi connectivity index (χ4n) is 1.93. The molecule has 1 aliphatic rings. The quantitative estimate of drug-likeness (QED) is 0.731. The molecule has 1 aliphatic carbocycles. The Morgan fingerprint density at radius 3 is 2.71 bits per heavy atom. The molecule has 4 heteroatoms. The maximum absolute atomic E-state index is 5.27. The van der Waals surface area contributed by atoms with Crippen LogP contribution in [0.15, 0.2) is 4.52 Å². The monoisotopic (exact) mass is 237 g/mol. The van der Waals surface area contributed by atoms with E-state index in [1.54, 1.807) is 0 Å². The van der Waals surface area contributed by atoms with Crippen molar-refractivity contribution in [2.24, 2.45) is 5.92 Å². The van der Waals surface area contributed by atoms with Crippen LogP contribution in [0.4, 0.5) is 0 Å². The molecular weight excluding hydrogens is 214 g/mol. The van der Waals surface area contributed by atoms with Gasteiger partial charge in [-0.05, 0) is 31.7 Å². The molecule has 1 saturated carbocycles. The van der Waals surface area contributed by atoms with Gasteiger partial charge >= 0.3 is 0 Å². The van der Waals surface area contributed by atoms with Gasteiger partial charge in [-0.25, -0.2) is 0 Å². The van der Waals surface area contributed by atoms with Gasteiger partial charge in [0, 0.05) is 12.5 Å². The van der Waals surface area contributed by atoms with Gasteiger partial charge in [-0.2, -0.15) is 4.98 Å². The normalized spacial score (nSPS) is 16.1.